The van der Waals surface area contributed by atoms with Gasteiger partial charge in [-0.25, -0.2) is 4.79 Å². The summed E-state index contributed by atoms with van der Waals surface area (Å²) in [5.74, 6) is 0.569. The molecule has 30 heavy (non-hydrogen) atoms. The monoisotopic (exact) mass is 399 g/mol. The Balaban J connectivity index is 1.99. The summed E-state index contributed by atoms with van der Waals surface area (Å²) in [7, 11) is 0. The Morgan fingerprint density at radius 1 is 1.13 bits per heavy atom. The van der Waals surface area contributed by atoms with Gasteiger partial charge < -0.3 is 14.1 Å². The maximum Gasteiger partial charge on any atom is 0.343 e. The fraction of sp³-hybridized carbons (Fsp3) is 0.208. The zero-order valence-electron chi connectivity index (χ0n) is 17.1. The lowest BCUT2D eigenvalue weighted by molar-refractivity contribution is 0.346. The molecular formula is C24H21N3O3. The Bertz CT molecular complexity index is 1230. The average molecular weight is 399 g/mol. The van der Waals surface area contributed by atoms with Crippen molar-refractivity contribution in [1.29, 1.82) is 10.5 Å². The summed E-state index contributed by atoms with van der Waals surface area (Å²) >= 11 is 0. The number of allylic oxidation sites excluding steroid dienone is 6. The van der Waals surface area contributed by atoms with Gasteiger partial charge in [0.2, 0.25) is 0 Å². The molecule has 0 N–H and O–H groups in total. The maximum absolute atomic E-state index is 12.5. The number of fused-ring (bicyclic) bond motifs is 1. The molecule has 0 spiro atoms. The third-order valence-corrected chi connectivity index (χ3v) is 4.84. The van der Waals surface area contributed by atoms with Crippen molar-refractivity contribution in [1.82, 2.24) is 0 Å². The van der Waals surface area contributed by atoms with E-state index in [9.17, 15) is 15.3 Å². The molecule has 6 nitrogen and oxygen atoms in total. The molecule has 6 heteroatoms. The normalized spacial score (nSPS) is 13.3. The fourth-order valence-electron chi connectivity index (χ4n) is 3.23. The highest BCUT2D eigenvalue weighted by atomic mass is 16.5. The lowest BCUT2D eigenvalue weighted by atomic mass is 9.99. The van der Waals surface area contributed by atoms with Crippen molar-refractivity contribution >= 4 is 22.7 Å². The number of hydrogen-bond acceptors (Lipinski definition) is 6. The quantitative estimate of drug-likeness (QED) is 0.529. The first-order chi connectivity index (χ1) is 14.5. The van der Waals surface area contributed by atoms with Crippen molar-refractivity contribution in [3.63, 3.8) is 0 Å². The Kier molecular flexibility index (Phi) is 6.20. The van der Waals surface area contributed by atoms with Crippen LogP contribution in [0, 0.1) is 22.7 Å². The molecule has 1 aromatic heterocycles. The first-order valence-corrected chi connectivity index (χ1v) is 9.61. The van der Waals surface area contributed by atoms with E-state index in [1.165, 1.54) is 6.26 Å². The number of anilines is 1. The Morgan fingerprint density at radius 3 is 2.53 bits per heavy atom. The van der Waals surface area contributed by atoms with Gasteiger partial charge in [-0.1, -0.05) is 6.08 Å². The van der Waals surface area contributed by atoms with E-state index in [2.05, 4.69) is 18.7 Å². The molecule has 1 aliphatic heterocycles. The SMILES string of the molecule is CCN(CC)c1ccc2cc(/C=C/C3=COC(C)=CC3=C(C#N)C#N)c(=O)oc2c1. The minimum absolute atomic E-state index is 0.0250. The molecule has 150 valence electrons. The third kappa shape index (κ3) is 4.19. The van der Waals surface area contributed by atoms with Gasteiger partial charge in [0.1, 0.15) is 29.1 Å². The minimum Gasteiger partial charge on any atom is -0.469 e. The molecule has 1 aliphatic rings. The summed E-state index contributed by atoms with van der Waals surface area (Å²) in [5, 5.41) is 19.2. The van der Waals surface area contributed by atoms with Gasteiger partial charge in [0, 0.05) is 41.4 Å². The van der Waals surface area contributed by atoms with E-state index in [4.69, 9.17) is 9.15 Å². The second-order valence-corrected chi connectivity index (χ2v) is 6.68. The molecule has 2 heterocycles. The Morgan fingerprint density at radius 2 is 1.87 bits per heavy atom. The number of nitrogens with zero attached hydrogens (tertiary/aromatic N) is 3. The summed E-state index contributed by atoms with van der Waals surface area (Å²) in [6.07, 6.45) is 6.31. The number of benzene rings is 1. The van der Waals surface area contributed by atoms with Gasteiger partial charge in [-0.15, -0.1) is 0 Å². The first kappa shape index (κ1) is 20.7. The van der Waals surface area contributed by atoms with Gasteiger partial charge in [0.05, 0.1) is 11.8 Å². The molecule has 0 atom stereocenters. The minimum atomic E-state index is -0.467. The lowest BCUT2D eigenvalue weighted by Gasteiger charge is -2.20. The van der Waals surface area contributed by atoms with E-state index >= 15 is 0 Å². The van der Waals surface area contributed by atoms with Crippen LogP contribution >= 0.6 is 0 Å². The molecule has 0 radical (unpaired) electrons. The number of nitriles is 2. The van der Waals surface area contributed by atoms with E-state index < -0.39 is 5.63 Å². The largest absolute Gasteiger partial charge is 0.469 e. The zero-order chi connectivity index (χ0) is 21.7. The van der Waals surface area contributed by atoms with E-state index in [1.54, 1.807) is 31.2 Å². The topological polar surface area (TPSA) is 90.3 Å². The van der Waals surface area contributed by atoms with Crippen LogP contribution in [-0.4, -0.2) is 13.1 Å². The zero-order valence-corrected chi connectivity index (χ0v) is 17.1. The second kappa shape index (κ2) is 8.98. The van der Waals surface area contributed by atoms with Crippen LogP contribution in [0.5, 0.6) is 0 Å². The van der Waals surface area contributed by atoms with Crippen LogP contribution in [0.15, 0.2) is 74.4 Å². The second-order valence-electron chi connectivity index (χ2n) is 6.68. The predicted molar refractivity (Wildman–Crippen MR) is 116 cm³/mol. The van der Waals surface area contributed by atoms with Crippen LogP contribution in [0.25, 0.3) is 17.0 Å². The number of ether oxygens (including phenoxy) is 1. The summed E-state index contributed by atoms with van der Waals surface area (Å²) in [4.78, 5) is 14.7. The summed E-state index contributed by atoms with van der Waals surface area (Å²) in [6, 6.07) is 11.3. The number of rotatable bonds is 5. The van der Waals surface area contributed by atoms with Crippen molar-refractivity contribution in [2.45, 2.75) is 20.8 Å². The van der Waals surface area contributed by atoms with Crippen LogP contribution in [-0.2, 0) is 4.74 Å². The van der Waals surface area contributed by atoms with Gasteiger partial charge in [-0.3, -0.25) is 0 Å². The van der Waals surface area contributed by atoms with Gasteiger partial charge in [0.25, 0.3) is 0 Å². The molecule has 0 bridgehead atoms. The molecule has 0 amide bonds. The van der Waals surface area contributed by atoms with Crippen molar-refractivity contribution in [3.05, 3.63) is 81.1 Å². The van der Waals surface area contributed by atoms with Crippen LogP contribution in [0.4, 0.5) is 5.69 Å². The standard InChI is InChI=1S/C24H21N3O3/c1-4-27(5-2)21-9-8-17-11-18(24(28)30-23(17)12-21)6-7-19-15-29-16(3)10-22(19)20(13-25)14-26/h6-12,15H,4-5H2,1-3H3/b7-6+. The van der Waals surface area contributed by atoms with E-state index in [-0.39, 0.29) is 5.57 Å². The molecule has 1 aromatic carbocycles. The molecule has 0 aliphatic carbocycles. The highest BCUT2D eigenvalue weighted by Crippen LogP contribution is 2.26. The van der Waals surface area contributed by atoms with Gasteiger partial charge in [-0.05, 0) is 51.1 Å². The van der Waals surface area contributed by atoms with E-state index in [1.807, 2.05) is 30.3 Å². The Labute approximate surface area is 174 Å². The molecule has 0 fully saturated rings. The summed E-state index contributed by atoms with van der Waals surface area (Å²) in [5.41, 5.74) is 2.37. The maximum atomic E-state index is 12.5. The van der Waals surface area contributed by atoms with Crippen molar-refractivity contribution < 1.29 is 9.15 Å². The Hall–Kier alpha value is -4.03. The van der Waals surface area contributed by atoms with Gasteiger partial charge in [0.15, 0.2) is 0 Å². The van der Waals surface area contributed by atoms with Gasteiger partial charge >= 0.3 is 5.63 Å². The smallest absolute Gasteiger partial charge is 0.343 e. The first-order valence-electron chi connectivity index (χ1n) is 9.61. The van der Waals surface area contributed by atoms with Crippen LogP contribution < -0.4 is 10.5 Å². The molecule has 3 rings (SSSR count). The molecule has 0 saturated carbocycles. The predicted octanol–water partition coefficient (Wildman–Crippen LogP) is 4.81. The summed E-state index contributed by atoms with van der Waals surface area (Å²) < 4.78 is 10.9. The lowest BCUT2D eigenvalue weighted by Crippen LogP contribution is -2.21. The molecular weight excluding hydrogens is 378 g/mol. The fourth-order valence-corrected chi connectivity index (χ4v) is 3.23. The van der Waals surface area contributed by atoms with Crippen molar-refractivity contribution in [2.24, 2.45) is 0 Å². The van der Waals surface area contributed by atoms with Gasteiger partial charge in [-0.2, -0.15) is 10.5 Å². The summed E-state index contributed by atoms with van der Waals surface area (Å²) in [6.45, 7) is 7.60. The molecule has 0 saturated heterocycles. The van der Waals surface area contributed by atoms with Crippen LogP contribution in [0.1, 0.15) is 26.3 Å². The van der Waals surface area contributed by atoms with Crippen LogP contribution in [0.3, 0.4) is 0 Å². The van der Waals surface area contributed by atoms with E-state index in [0.29, 0.717) is 28.1 Å². The van der Waals surface area contributed by atoms with Crippen LogP contribution in [0.2, 0.25) is 0 Å². The van der Waals surface area contributed by atoms with Crippen molar-refractivity contribution in [3.8, 4) is 12.1 Å². The number of hydrogen-bond donors (Lipinski definition) is 0. The van der Waals surface area contributed by atoms with E-state index in [0.717, 1.165) is 24.2 Å². The molecule has 2 aromatic rings. The highest BCUT2D eigenvalue weighted by Gasteiger charge is 2.14. The molecule has 0 unspecified atom stereocenters. The highest BCUT2D eigenvalue weighted by molar-refractivity contribution is 5.82. The van der Waals surface area contributed by atoms with Crippen molar-refractivity contribution in [2.75, 3.05) is 18.0 Å². The third-order valence-electron chi connectivity index (χ3n) is 4.84. The average Bonchev–Trinajstić information content (AvgIpc) is 2.75.